The second-order valence-corrected chi connectivity index (χ2v) is 3.80. The lowest BCUT2D eigenvalue weighted by molar-refractivity contribution is 0.691. The molecule has 0 aromatic heterocycles. The van der Waals surface area contributed by atoms with Crippen molar-refractivity contribution in [3.8, 4) is 0 Å². The van der Waals surface area contributed by atoms with Crippen molar-refractivity contribution in [1.82, 2.24) is 0 Å². The van der Waals surface area contributed by atoms with E-state index in [9.17, 15) is 4.21 Å². The zero-order valence-electron chi connectivity index (χ0n) is 9.50. The third-order valence-corrected chi connectivity index (χ3v) is 2.38. The average Bonchev–Trinajstić information content (AvgIpc) is 2.24. The molecule has 0 radical (unpaired) electrons. The monoisotopic (exact) mass is 234 g/mol. The molecule has 0 heterocycles. The molecule has 0 aliphatic heterocycles. The highest BCUT2D eigenvalue weighted by atomic mass is 35.7. The Balaban J connectivity index is 0. The lowest BCUT2D eigenvalue weighted by Crippen LogP contribution is -1.80. The van der Waals surface area contributed by atoms with Gasteiger partial charge in [-0.1, -0.05) is 45.4 Å². The van der Waals surface area contributed by atoms with Crippen molar-refractivity contribution in [3.63, 3.8) is 0 Å². The summed E-state index contributed by atoms with van der Waals surface area (Å²) in [5, 5.41) is 0. The van der Waals surface area contributed by atoms with E-state index < -0.39 is 10.0 Å². The van der Waals surface area contributed by atoms with Crippen molar-refractivity contribution in [1.29, 1.82) is 0 Å². The fraction of sp³-hybridized carbons (Fsp3) is 0.455. The minimum atomic E-state index is -1.36. The molecule has 1 unspecified atom stereocenters. The molecule has 3 heteroatoms. The van der Waals surface area contributed by atoms with Gasteiger partial charge in [-0.05, 0) is 29.7 Å². The summed E-state index contributed by atoms with van der Waals surface area (Å²) in [7, 11) is 3.96. The highest BCUT2D eigenvalue weighted by molar-refractivity contribution is 8.08. The predicted octanol–water partition coefficient (Wildman–Crippen LogP) is 4.31. The summed E-state index contributed by atoms with van der Waals surface area (Å²) in [5.74, 6) is 0. The fourth-order valence-corrected chi connectivity index (χ4v) is 1.30. The normalized spacial score (nSPS) is 10.1. The largest absolute Gasteiger partial charge is 0.237 e. The zero-order valence-corrected chi connectivity index (χ0v) is 11.1. The van der Waals surface area contributed by atoms with Gasteiger partial charge >= 0.3 is 0 Å². The van der Waals surface area contributed by atoms with Crippen LogP contribution in [-0.4, -0.2) is 4.21 Å². The molecule has 82 valence electrons. The molecule has 1 rings (SSSR count). The second kappa shape index (κ2) is 10.7. The Morgan fingerprint density at radius 2 is 1.36 bits per heavy atom. The van der Waals surface area contributed by atoms with Gasteiger partial charge in [0.05, 0.1) is 4.90 Å². The van der Waals surface area contributed by atoms with Crippen molar-refractivity contribution in [2.45, 2.75) is 39.5 Å². The third kappa shape index (κ3) is 7.10. The van der Waals surface area contributed by atoms with E-state index >= 15 is 0 Å². The summed E-state index contributed by atoms with van der Waals surface area (Å²) in [6.45, 7) is 9.97. The van der Waals surface area contributed by atoms with Gasteiger partial charge in [0, 0.05) is 0 Å². The smallest absolute Gasteiger partial charge is 0.147 e. The standard InChI is InChI=1S/C7H7ClOS.2C2H6/c1-6-2-4-7(5-3-6)10(8)9;2*1-2/h2-5H,1H3;2*1-2H3. The summed E-state index contributed by atoms with van der Waals surface area (Å²) in [6, 6.07) is 7.29. The molecule has 0 spiro atoms. The Kier molecular flexibility index (Phi) is 12.4. The Labute approximate surface area is 94.4 Å². The maximum Gasteiger partial charge on any atom is 0.147 e. The van der Waals surface area contributed by atoms with E-state index in [4.69, 9.17) is 10.7 Å². The third-order valence-electron chi connectivity index (χ3n) is 1.21. The lowest BCUT2D eigenvalue weighted by atomic mass is 10.2. The highest BCUT2D eigenvalue weighted by Gasteiger charge is 1.96. The van der Waals surface area contributed by atoms with Gasteiger partial charge < -0.3 is 0 Å². The van der Waals surface area contributed by atoms with Crippen molar-refractivity contribution in [2.24, 2.45) is 0 Å². The molecule has 0 saturated carbocycles. The van der Waals surface area contributed by atoms with Gasteiger partial charge in [-0.2, -0.15) is 0 Å². The van der Waals surface area contributed by atoms with E-state index in [1.165, 1.54) is 0 Å². The van der Waals surface area contributed by atoms with Crippen LogP contribution in [0.2, 0.25) is 0 Å². The van der Waals surface area contributed by atoms with Gasteiger partial charge in [0.2, 0.25) is 0 Å². The molecule has 0 aliphatic carbocycles. The number of rotatable bonds is 1. The topological polar surface area (TPSA) is 17.1 Å². The first-order valence-corrected chi connectivity index (χ1v) is 6.82. The highest BCUT2D eigenvalue weighted by Crippen LogP contribution is 2.10. The van der Waals surface area contributed by atoms with E-state index in [0.29, 0.717) is 4.90 Å². The number of hydrogen-bond donors (Lipinski definition) is 0. The number of hydrogen-bond acceptors (Lipinski definition) is 1. The summed E-state index contributed by atoms with van der Waals surface area (Å²) >= 11 is 0. The Bertz CT molecular complexity index is 244. The van der Waals surface area contributed by atoms with Gasteiger partial charge in [-0.15, -0.1) is 0 Å². The maximum absolute atomic E-state index is 10.6. The van der Waals surface area contributed by atoms with Crippen LogP contribution in [-0.2, 0) is 10.0 Å². The SMILES string of the molecule is CC.CC.Cc1ccc(S(=O)Cl)cc1. The lowest BCUT2D eigenvalue weighted by Gasteiger charge is -1.93. The molecule has 0 saturated heterocycles. The molecule has 0 amide bonds. The van der Waals surface area contributed by atoms with Gasteiger partial charge in [0.25, 0.3) is 0 Å². The molecule has 0 N–H and O–H groups in total. The average molecular weight is 235 g/mol. The molecule has 1 aromatic rings. The first kappa shape index (κ1) is 16.1. The van der Waals surface area contributed by atoms with Crippen molar-refractivity contribution in [3.05, 3.63) is 29.8 Å². The van der Waals surface area contributed by atoms with Crippen molar-refractivity contribution < 1.29 is 4.21 Å². The second-order valence-electron chi connectivity index (χ2n) is 2.04. The van der Waals surface area contributed by atoms with Crippen LogP contribution in [0.25, 0.3) is 0 Å². The van der Waals surface area contributed by atoms with E-state index in [1.54, 1.807) is 12.1 Å². The summed E-state index contributed by atoms with van der Waals surface area (Å²) in [4.78, 5) is 0.660. The van der Waals surface area contributed by atoms with Crippen LogP contribution < -0.4 is 0 Å². The van der Waals surface area contributed by atoms with E-state index in [1.807, 2.05) is 46.8 Å². The summed E-state index contributed by atoms with van der Waals surface area (Å²) in [6.07, 6.45) is 0. The van der Waals surface area contributed by atoms with Crippen LogP contribution in [0, 0.1) is 6.92 Å². The number of aryl methyl sites for hydroxylation is 1. The minimum Gasteiger partial charge on any atom is -0.237 e. The van der Waals surface area contributed by atoms with Crippen molar-refractivity contribution >= 4 is 20.7 Å². The van der Waals surface area contributed by atoms with Crippen LogP contribution in [0.5, 0.6) is 0 Å². The molecule has 14 heavy (non-hydrogen) atoms. The molecule has 0 fully saturated rings. The molecule has 0 bridgehead atoms. The number of benzene rings is 1. The first-order chi connectivity index (χ1) is 6.70. The number of halogens is 1. The Hall–Kier alpha value is -0.340. The van der Waals surface area contributed by atoms with E-state index in [2.05, 4.69) is 0 Å². The van der Waals surface area contributed by atoms with Gasteiger partial charge in [-0.25, -0.2) is 4.21 Å². The summed E-state index contributed by atoms with van der Waals surface area (Å²) < 4.78 is 10.6. The molecular formula is C11H19ClOS. The summed E-state index contributed by atoms with van der Waals surface area (Å²) in [5.41, 5.74) is 1.14. The quantitative estimate of drug-likeness (QED) is 0.662. The van der Waals surface area contributed by atoms with Gasteiger partial charge in [-0.3, -0.25) is 0 Å². The van der Waals surface area contributed by atoms with Gasteiger partial charge in [0.15, 0.2) is 0 Å². The predicted molar refractivity (Wildman–Crippen MR) is 66.1 cm³/mol. The molecule has 1 atom stereocenters. The Morgan fingerprint density at radius 1 is 1.00 bits per heavy atom. The molecule has 1 nitrogen and oxygen atoms in total. The Morgan fingerprint density at radius 3 is 1.64 bits per heavy atom. The zero-order chi connectivity index (χ0) is 11.6. The van der Waals surface area contributed by atoms with Crippen LogP contribution in [0.4, 0.5) is 0 Å². The van der Waals surface area contributed by atoms with E-state index in [0.717, 1.165) is 5.56 Å². The molecule has 0 aliphatic rings. The minimum absolute atomic E-state index is 0.660. The van der Waals surface area contributed by atoms with E-state index in [-0.39, 0.29) is 0 Å². The maximum atomic E-state index is 10.6. The van der Waals surface area contributed by atoms with Crippen LogP contribution >= 0.6 is 10.7 Å². The fourth-order valence-electron chi connectivity index (χ4n) is 0.645. The van der Waals surface area contributed by atoms with Crippen LogP contribution in [0.15, 0.2) is 29.2 Å². The molecular weight excluding hydrogens is 216 g/mol. The van der Waals surface area contributed by atoms with Gasteiger partial charge in [0.1, 0.15) is 10.0 Å². The molecule has 1 aromatic carbocycles. The van der Waals surface area contributed by atoms with Crippen molar-refractivity contribution in [2.75, 3.05) is 0 Å². The van der Waals surface area contributed by atoms with Crippen LogP contribution in [0.3, 0.4) is 0 Å². The first-order valence-electron chi connectivity index (χ1n) is 4.85. The van der Waals surface area contributed by atoms with Crippen LogP contribution in [0.1, 0.15) is 33.3 Å².